The Bertz CT molecular complexity index is 764. The summed E-state index contributed by atoms with van der Waals surface area (Å²) in [5.41, 5.74) is -4.81. The number of aliphatic hydroxyl groups excluding tert-OH is 3. The summed E-state index contributed by atoms with van der Waals surface area (Å²) in [6.07, 6.45) is 3.35. The van der Waals surface area contributed by atoms with Gasteiger partial charge >= 0.3 is 0 Å². The van der Waals surface area contributed by atoms with Crippen LogP contribution in [0.2, 0.25) is 0 Å². The van der Waals surface area contributed by atoms with Gasteiger partial charge in [-0.15, -0.1) is 0 Å². The Morgan fingerprint density at radius 3 is 2.64 bits per heavy atom. The first-order valence-electron chi connectivity index (χ1n) is 10.3. The van der Waals surface area contributed by atoms with E-state index in [1.54, 1.807) is 13.0 Å². The lowest BCUT2D eigenvalue weighted by atomic mass is 9.44. The van der Waals surface area contributed by atoms with E-state index in [-0.39, 0.29) is 24.0 Å². The number of halogens is 1. The van der Waals surface area contributed by atoms with E-state index in [1.807, 2.05) is 13.8 Å². The highest BCUT2D eigenvalue weighted by Gasteiger charge is 2.75. The predicted molar refractivity (Wildman–Crippen MR) is 101 cm³/mol. The molecule has 0 spiro atoms. The van der Waals surface area contributed by atoms with Gasteiger partial charge in [-0.25, -0.2) is 4.39 Å². The molecular weight excluding hydrogens is 363 g/mol. The third kappa shape index (κ3) is 2.07. The zero-order valence-corrected chi connectivity index (χ0v) is 16.7. The van der Waals surface area contributed by atoms with Crippen molar-refractivity contribution in [1.82, 2.24) is 0 Å². The molecule has 4 N–H and O–H groups in total. The highest BCUT2D eigenvalue weighted by molar-refractivity contribution is 6.01. The summed E-state index contributed by atoms with van der Waals surface area (Å²) in [5.74, 6) is -1.25. The summed E-state index contributed by atoms with van der Waals surface area (Å²) >= 11 is 0. The van der Waals surface area contributed by atoms with E-state index in [2.05, 4.69) is 0 Å². The summed E-state index contributed by atoms with van der Waals surface area (Å²) < 4.78 is 16.9. The van der Waals surface area contributed by atoms with E-state index in [4.69, 9.17) is 0 Å². The van der Waals surface area contributed by atoms with Gasteiger partial charge in [0.1, 0.15) is 11.7 Å². The lowest BCUT2D eigenvalue weighted by Gasteiger charge is -2.63. The van der Waals surface area contributed by atoms with Gasteiger partial charge in [0.2, 0.25) is 0 Å². The smallest absolute Gasteiger partial charge is 0.178 e. The fourth-order valence-electron chi connectivity index (χ4n) is 7.43. The first-order chi connectivity index (χ1) is 13.0. The van der Waals surface area contributed by atoms with E-state index < -0.39 is 46.8 Å². The zero-order valence-electron chi connectivity index (χ0n) is 16.7. The minimum Gasteiger partial charge on any atom is -0.394 e. The molecule has 6 heteroatoms. The number of fused-ring (bicyclic) bond motifs is 5. The summed E-state index contributed by atoms with van der Waals surface area (Å²) in [7, 11) is 0. The predicted octanol–water partition coefficient (Wildman–Crippen LogP) is 1.69. The molecule has 4 aliphatic carbocycles. The highest BCUT2D eigenvalue weighted by atomic mass is 19.1. The zero-order chi connectivity index (χ0) is 20.7. The average molecular weight is 394 g/mol. The Morgan fingerprint density at radius 2 is 2.00 bits per heavy atom. The number of ketones is 1. The Morgan fingerprint density at radius 1 is 1.32 bits per heavy atom. The first kappa shape index (κ1) is 20.2. The van der Waals surface area contributed by atoms with Gasteiger partial charge in [0, 0.05) is 16.7 Å². The quantitative estimate of drug-likeness (QED) is 0.571. The fraction of sp³-hybridized carbons (Fsp3) is 0.773. The number of alkyl halides is 1. The second kappa shape index (κ2) is 5.97. The van der Waals surface area contributed by atoms with E-state index in [9.17, 15) is 25.2 Å². The van der Waals surface area contributed by atoms with Crippen LogP contribution in [0.3, 0.4) is 0 Å². The van der Waals surface area contributed by atoms with Crippen molar-refractivity contribution >= 4 is 5.78 Å². The Kier molecular flexibility index (Phi) is 4.31. The summed E-state index contributed by atoms with van der Waals surface area (Å²) in [6.45, 7) is 4.81. The number of aliphatic hydroxyl groups is 4. The maximum Gasteiger partial charge on any atom is 0.178 e. The van der Waals surface area contributed by atoms with Crippen LogP contribution >= 0.6 is 0 Å². The fourth-order valence-corrected chi connectivity index (χ4v) is 7.43. The van der Waals surface area contributed by atoms with Crippen molar-refractivity contribution < 1.29 is 29.6 Å². The van der Waals surface area contributed by atoms with Gasteiger partial charge in [-0.1, -0.05) is 25.5 Å². The summed E-state index contributed by atoms with van der Waals surface area (Å²) in [6, 6.07) is 0. The van der Waals surface area contributed by atoms with Gasteiger partial charge in [-0.3, -0.25) is 4.79 Å². The molecule has 5 nitrogen and oxygen atoms in total. The standard InChI is InChI=1S/C22H31FO5/c1-12-8-16-15-5-4-13-9-14(25)6-7-19(13,2)21(15,23)17(26)10-20(16,3)22(12,28)18(27)11-24/h6-7,9,12,15-18,24,26-28H,4-5,8,10-11H2,1-3H3/t12-,15+,16+,17+,18?,19+,20+,21+,22+/m1/s1. The van der Waals surface area contributed by atoms with Gasteiger partial charge in [-0.2, -0.15) is 0 Å². The second-order valence-corrected chi connectivity index (χ2v) is 9.93. The molecule has 0 aliphatic heterocycles. The molecule has 4 aliphatic rings. The van der Waals surface area contributed by atoms with Crippen LogP contribution in [0, 0.1) is 28.6 Å². The Balaban J connectivity index is 1.83. The number of hydrogen-bond donors (Lipinski definition) is 4. The van der Waals surface area contributed by atoms with Gasteiger partial charge in [0.05, 0.1) is 12.7 Å². The van der Waals surface area contributed by atoms with Crippen LogP contribution in [-0.4, -0.2) is 56.3 Å². The lowest BCUT2D eigenvalue weighted by Crippen LogP contribution is -2.70. The van der Waals surface area contributed by atoms with Crippen LogP contribution in [-0.2, 0) is 4.79 Å². The molecule has 0 aromatic carbocycles. The van der Waals surface area contributed by atoms with Gasteiger partial charge in [-0.05, 0) is 56.6 Å². The number of allylic oxidation sites excluding steroid dienone is 4. The molecule has 1 unspecified atom stereocenters. The highest BCUT2D eigenvalue weighted by Crippen LogP contribution is 2.71. The van der Waals surface area contributed by atoms with Crippen LogP contribution in [0.4, 0.5) is 4.39 Å². The Hall–Kier alpha value is -1.08. The number of rotatable bonds is 2. The van der Waals surface area contributed by atoms with Crippen molar-refractivity contribution in [1.29, 1.82) is 0 Å². The second-order valence-electron chi connectivity index (χ2n) is 9.93. The van der Waals surface area contributed by atoms with Crippen molar-refractivity contribution in [2.24, 2.45) is 28.6 Å². The van der Waals surface area contributed by atoms with E-state index in [1.165, 1.54) is 12.2 Å². The summed E-state index contributed by atoms with van der Waals surface area (Å²) in [4.78, 5) is 11.8. The number of carbonyl (C=O) groups is 1. The van der Waals surface area contributed by atoms with Gasteiger partial charge in [0.15, 0.2) is 11.5 Å². The monoisotopic (exact) mass is 394 g/mol. The SMILES string of the molecule is C[C@@H]1C[C@H]2[C@@H]3CCC4=CC(=O)C=C[C@]4(C)[C@@]3(F)[C@@H](O)C[C@]2(C)[C@@]1(O)C(O)CO. The minimum atomic E-state index is -1.95. The number of carbonyl (C=O) groups excluding carboxylic acids is 1. The van der Waals surface area contributed by atoms with E-state index in [0.717, 1.165) is 5.57 Å². The third-order valence-electron chi connectivity index (χ3n) is 8.99. The third-order valence-corrected chi connectivity index (χ3v) is 8.99. The summed E-state index contributed by atoms with van der Waals surface area (Å²) in [5, 5.41) is 42.7. The molecule has 3 fully saturated rings. The normalized spacial score (nSPS) is 53.9. The molecule has 0 heterocycles. The van der Waals surface area contributed by atoms with Crippen molar-refractivity contribution in [3.63, 3.8) is 0 Å². The minimum absolute atomic E-state index is 0.00672. The molecule has 156 valence electrons. The van der Waals surface area contributed by atoms with E-state index >= 15 is 4.39 Å². The maximum atomic E-state index is 16.9. The molecular formula is C22H31FO5. The molecule has 9 atom stereocenters. The van der Waals surface area contributed by atoms with Crippen LogP contribution in [0.1, 0.15) is 46.5 Å². The van der Waals surface area contributed by atoms with E-state index in [0.29, 0.717) is 19.3 Å². The van der Waals surface area contributed by atoms with Crippen molar-refractivity contribution in [2.45, 2.75) is 69.9 Å². The Labute approximate surface area is 165 Å². The van der Waals surface area contributed by atoms with Crippen LogP contribution in [0.15, 0.2) is 23.8 Å². The van der Waals surface area contributed by atoms with Crippen LogP contribution < -0.4 is 0 Å². The van der Waals surface area contributed by atoms with Crippen molar-refractivity contribution in [2.75, 3.05) is 6.61 Å². The molecule has 4 rings (SSSR count). The molecule has 28 heavy (non-hydrogen) atoms. The average Bonchev–Trinajstić information content (AvgIpc) is 2.84. The van der Waals surface area contributed by atoms with Crippen molar-refractivity contribution in [3.05, 3.63) is 23.8 Å². The van der Waals surface area contributed by atoms with Crippen molar-refractivity contribution in [3.8, 4) is 0 Å². The molecule has 0 saturated heterocycles. The molecule has 3 saturated carbocycles. The molecule has 0 aromatic heterocycles. The maximum absolute atomic E-state index is 16.9. The lowest BCUT2D eigenvalue weighted by molar-refractivity contribution is -0.242. The van der Waals surface area contributed by atoms with Crippen LogP contribution in [0.5, 0.6) is 0 Å². The van der Waals surface area contributed by atoms with Gasteiger partial charge in [0.25, 0.3) is 0 Å². The van der Waals surface area contributed by atoms with Gasteiger partial charge < -0.3 is 20.4 Å². The van der Waals surface area contributed by atoms with Crippen LogP contribution in [0.25, 0.3) is 0 Å². The first-order valence-corrected chi connectivity index (χ1v) is 10.3. The number of hydrogen-bond acceptors (Lipinski definition) is 5. The molecule has 0 bridgehead atoms. The largest absolute Gasteiger partial charge is 0.394 e. The molecule has 0 radical (unpaired) electrons. The molecule has 0 aromatic rings. The molecule has 0 amide bonds. The topological polar surface area (TPSA) is 98.0 Å².